The first kappa shape index (κ1) is 14.5. The van der Waals surface area contributed by atoms with Crippen molar-refractivity contribution in [2.24, 2.45) is 5.92 Å². The molecule has 4 nitrogen and oxygen atoms in total. The van der Waals surface area contributed by atoms with Gasteiger partial charge in [-0.3, -0.25) is 0 Å². The smallest absolute Gasteiger partial charge is 0.0948 e. The summed E-state index contributed by atoms with van der Waals surface area (Å²) in [5, 5.41) is 3.45. The third-order valence-corrected chi connectivity index (χ3v) is 3.81. The van der Waals surface area contributed by atoms with Crippen LogP contribution in [0.25, 0.3) is 0 Å². The normalized spacial score (nSPS) is 18.0. The Labute approximate surface area is 117 Å². The molecule has 0 aliphatic carbocycles. The molecule has 1 unspecified atom stereocenters. The van der Waals surface area contributed by atoms with Crippen LogP contribution in [0.2, 0.25) is 0 Å². The van der Waals surface area contributed by atoms with Crippen molar-refractivity contribution in [1.29, 1.82) is 0 Å². The molecule has 1 aliphatic rings. The first-order valence-electron chi connectivity index (χ1n) is 7.71. The Balaban J connectivity index is 1.78. The molecule has 1 saturated heterocycles. The van der Waals surface area contributed by atoms with E-state index in [4.69, 9.17) is 0 Å². The van der Waals surface area contributed by atoms with Crippen LogP contribution in [0.1, 0.15) is 38.8 Å². The lowest BCUT2D eigenvalue weighted by Crippen LogP contribution is -2.28. The summed E-state index contributed by atoms with van der Waals surface area (Å²) in [6.07, 6.45) is 7.90. The number of nitrogens with zero attached hydrogens (tertiary/aromatic N) is 3. The third-order valence-electron chi connectivity index (χ3n) is 3.81. The second-order valence-electron chi connectivity index (χ2n) is 5.83. The third kappa shape index (κ3) is 4.62. The van der Waals surface area contributed by atoms with Crippen LogP contribution in [0.15, 0.2) is 12.5 Å². The van der Waals surface area contributed by atoms with E-state index in [1.807, 2.05) is 12.5 Å². The topological polar surface area (TPSA) is 33.1 Å². The van der Waals surface area contributed by atoms with Gasteiger partial charge in [-0.05, 0) is 44.8 Å². The molecule has 1 aliphatic heterocycles. The van der Waals surface area contributed by atoms with Crippen molar-refractivity contribution in [3.05, 3.63) is 18.2 Å². The van der Waals surface area contributed by atoms with Gasteiger partial charge in [0.2, 0.25) is 0 Å². The van der Waals surface area contributed by atoms with Crippen LogP contribution >= 0.6 is 0 Å². The maximum Gasteiger partial charge on any atom is 0.0948 e. The van der Waals surface area contributed by atoms with Crippen molar-refractivity contribution in [3.8, 4) is 0 Å². The Bertz CT molecular complexity index is 355. The highest BCUT2D eigenvalue weighted by Gasteiger charge is 2.15. The molecule has 2 heterocycles. The summed E-state index contributed by atoms with van der Waals surface area (Å²) in [4.78, 5) is 6.89. The Morgan fingerprint density at radius 3 is 2.84 bits per heavy atom. The van der Waals surface area contributed by atoms with Crippen LogP contribution in [0.4, 0.5) is 0 Å². The van der Waals surface area contributed by atoms with Gasteiger partial charge >= 0.3 is 0 Å². The highest BCUT2D eigenvalue weighted by atomic mass is 15.1. The zero-order chi connectivity index (χ0) is 13.5. The number of aromatic nitrogens is 2. The van der Waals surface area contributed by atoms with Crippen molar-refractivity contribution in [2.75, 3.05) is 26.2 Å². The number of imidazole rings is 1. The second kappa shape index (κ2) is 7.65. The minimum absolute atomic E-state index is 0.692. The van der Waals surface area contributed by atoms with E-state index < -0.39 is 0 Å². The highest BCUT2D eigenvalue weighted by Crippen LogP contribution is 2.12. The molecule has 0 radical (unpaired) electrons. The van der Waals surface area contributed by atoms with E-state index in [0.717, 1.165) is 19.6 Å². The average molecular weight is 264 g/mol. The van der Waals surface area contributed by atoms with Crippen molar-refractivity contribution >= 4 is 0 Å². The number of hydrogen-bond donors (Lipinski definition) is 1. The largest absolute Gasteiger partial charge is 0.333 e. The first-order chi connectivity index (χ1) is 9.29. The molecule has 1 aromatic heterocycles. The van der Waals surface area contributed by atoms with Gasteiger partial charge in [-0.25, -0.2) is 4.98 Å². The number of rotatable bonds is 8. The van der Waals surface area contributed by atoms with E-state index in [2.05, 4.69) is 33.6 Å². The van der Waals surface area contributed by atoms with Crippen LogP contribution in [0.3, 0.4) is 0 Å². The molecule has 1 aromatic rings. The maximum absolute atomic E-state index is 4.30. The van der Waals surface area contributed by atoms with Gasteiger partial charge in [0.05, 0.1) is 12.0 Å². The quantitative estimate of drug-likeness (QED) is 0.730. The van der Waals surface area contributed by atoms with Crippen LogP contribution in [-0.4, -0.2) is 40.6 Å². The molecule has 0 spiro atoms. The standard InChI is InChI=1S/C15H28N4/c1-3-6-16-9-15-10-17-13-19(15)12-14(2)11-18-7-4-5-8-18/h10,13-14,16H,3-9,11-12H2,1-2H3. The molecule has 1 N–H and O–H groups in total. The number of nitrogens with one attached hydrogen (secondary N) is 1. The van der Waals surface area contributed by atoms with E-state index in [1.54, 1.807) is 0 Å². The highest BCUT2D eigenvalue weighted by molar-refractivity contribution is 4.98. The number of hydrogen-bond acceptors (Lipinski definition) is 3. The van der Waals surface area contributed by atoms with Crippen molar-refractivity contribution in [2.45, 2.75) is 46.2 Å². The molecule has 19 heavy (non-hydrogen) atoms. The Kier molecular flexibility index (Phi) is 5.86. The predicted molar refractivity (Wildman–Crippen MR) is 79.1 cm³/mol. The van der Waals surface area contributed by atoms with Crippen LogP contribution in [0, 0.1) is 5.92 Å². The molecular weight excluding hydrogens is 236 g/mol. The van der Waals surface area contributed by atoms with Crippen LogP contribution in [-0.2, 0) is 13.1 Å². The van der Waals surface area contributed by atoms with Gasteiger partial charge in [0, 0.05) is 25.8 Å². The molecule has 4 heteroatoms. The fourth-order valence-corrected chi connectivity index (χ4v) is 2.85. The van der Waals surface area contributed by atoms with Gasteiger partial charge in [-0.2, -0.15) is 0 Å². The van der Waals surface area contributed by atoms with Crippen molar-refractivity contribution < 1.29 is 0 Å². The molecule has 2 rings (SSSR count). The lowest BCUT2D eigenvalue weighted by Gasteiger charge is -2.21. The van der Waals surface area contributed by atoms with E-state index in [-0.39, 0.29) is 0 Å². The summed E-state index contributed by atoms with van der Waals surface area (Å²) in [6, 6.07) is 0. The summed E-state index contributed by atoms with van der Waals surface area (Å²) in [5.74, 6) is 0.692. The molecule has 0 aromatic carbocycles. The summed E-state index contributed by atoms with van der Waals surface area (Å²) >= 11 is 0. The molecule has 108 valence electrons. The minimum atomic E-state index is 0.692. The molecule has 0 bridgehead atoms. The van der Waals surface area contributed by atoms with Crippen molar-refractivity contribution in [1.82, 2.24) is 19.8 Å². The first-order valence-corrected chi connectivity index (χ1v) is 7.71. The van der Waals surface area contributed by atoms with Gasteiger partial charge in [-0.15, -0.1) is 0 Å². The molecule has 1 fully saturated rings. The molecule has 0 amide bonds. The van der Waals surface area contributed by atoms with E-state index in [9.17, 15) is 0 Å². The summed E-state index contributed by atoms with van der Waals surface area (Å²) in [6.45, 7) is 11.4. The molecule has 1 atom stereocenters. The lowest BCUT2D eigenvalue weighted by molar-refractivity contribution is 0.270. The Morgan fingerprint density at radius 2 is 2.11 bits per heavy atom. The molecular formula is C15H28N4. The second-order valence-corrected chi connectivity index (χ2v) is 5.83. The van der Waals surface area contributed by atoms with Gasteiger partial charge in [0.15, 0.2) is 0 Å². The van der Waals surface area contributed by atoms with Gasteiger partial charge < -0.3 is 14.8 Å². The number of likely N-dealkylation sites (tertiary alicyclic amines) is 1. The maximum atomic E-state index is 4.30. The predicted octanol–water partition coefficient (Wildman–Crippen LogP) is 2.11. The van der Waals surface area contributed by atoms with Gasteiger partial charge in [0.25, 0.3) is 0 Å². The SMILES string of the molecule is CCCNCc1cncn1CC(C)CN1CCCC1. The van der Waals surface area contributed by atoms with E-state index in [1.165, 1.54) is 44.6 Å². The van der Waals surface area contributed by atoms with E-state index in [0.29, 0.717) is 5.92 Å². The fourth-order valence-electron chi connectivity index (χ4n) is 2.85. The molecule has 0 saturated carbocycles. The Hall–Kier alpha value is -0.870. The zero-order valence-corrected chi connectivity index (χ0v) is 12.4. The van der Waals surface area contributed by atoms with Crippen molar-refractivity contribution in [3.63, 3.8) is 0 Å². The lowest BCUT2D eigenvalue weighted by atomic mass is 10.1. The average Bonchev–Trinajstić information content (AvgIpc) is 3.02. The van der Waals surface area contributed by atoms with Gasteiger partial charge in [-0.1, -0.05) is 13.8 Å². The summed E-state index contributed by atoms with van der Waals surface area (Å²) in [7, 11) is 0. The Morgan fingerprint density at radius 1 is 1.32 bits per heavy atom. The van der Waals surface area contributed by atoms with E-state index >= 15 is 0 Å². The fraction of sp³-hybridized carbons (Fsp3) is 0.800. The van der Waals surface area contributed by atoms with Crippen LogP contribution < -0.4 is 5.32 Å². The minimum Gasteiger partial charge on any atom is -0.333 e. The van der Waals surface area contributed by atoms with Crippen LogP contribution in [0.5, 0.6) is 0 Å². The zero-order valence-electron chi connectivity index (χ0n) is 12.4. The van der Waals surface area contributed by atoms with Gasteiger partial charge in [0.1, 0.15) is 0 Å². The summed E-state index contributed by atoms with van der Waals surface area (Å²) in [5.41, 5.74) is 1.31. The monoisotopic (exact) mass is 264 g/mol. The summed E-state index contributed by atoms with van der Waals surface area (Å²) < 4.78 is 2.31.